The van der Waals surface area contributed by atoms with Gasteiger partial charge >= 0.3 is 6.18 Å². The van der Waals surface area contributed by atoms with Crippen molar-refractivity contribution in [2.75, 3.05) is 5.32 Å². The number of carbonyl (C=O) groups is 1. The van der Waals surface area contributed by atoms with Crippen LogP contribution >= 0.6 is 11.3 Å². The van der Waals surface area contributed by atoms with Crippen LogP contribution < -0.4 is 5.32 Å². The van der Waals surface area contributed by atoms with E-state index in [1.165, 1.54) is 23.5 Å². The summed E-state index contributed by atoms with van der Waals surface area (Å²) in [7, 11) is 0. The average molecular weight is 465 g/mol. The van der Waals surface area contributed by atoms with Gasteiger partial charge in [0.25, 0.3) is 0 Å². The van der Waals surface area contributed by atoms with Gasteiger partial charge in [-0.3, -0.25) is 4.79 Å². The van der Waals surface area contributed by atoms with E-state index < -0.39 is 23.1 Å². The molecule has 3 nitrogen and oxygen atoms in total. The second-order valence-electron chi connectivity index (χ2n) is 8.01. The van der Waals surface area contributed by atoms with Crippen LogP contribution in [-0.4, -0.2) is 10.9 Å². The Kier molecular flexibility index (Phi) is 5.29. The fraction of sp³-hybridized carbons (Fsp3) is 0.154. The van der Waals surface area contributed by atoms with E-state index in [1.807, 2.05) is 60.7 Å². The molecule has 1 aromatic heterocycles. The summed E-state index contributed by atoms with van der Waals surface area (Å²) in [5.74, 6) is -0.431. The third-order valence-electron chi connectivity index (χ3n) is 5.85. The van der Waals surface area contributed by atoms with Crippen molar-refractivity contribution >= 4 is 22.2 Å². The third-order valence-corrected chi connectivity index (χ3v) is 6.87. The first-order valence-corrected chi connectivity index (χ1v) is 11.3. The monoisotopic (exact) mass is 464 g/mol. The summed E-state index contributed by atoms with van der Waals surface area (Å²) in [6, 6.07) is 24.4. The Labute approximate surface area is 192 Å². The highest BCUT2D eigenvalue weighted by Crippen LogP contribution is 2.53. The number of nitrogens with one attached hydrogen (secondary N) is 1. The van der Waals surface area contributed by atoms with Gasteiger partial charge in [-0.1, -0.05) is 90.2 Å². The lowest BCUT2D eigenvalue weighted by atomic mass is 9.90. The van der Waals surface area contributed by atoms with Gasteiger partial charge in [0.15, 0.2) is 0 Å². The van der Waals surface area contributed by atoms with Crippen molar-refractivity contribution in [1.82, 2.24) is 4.98 Å². The van der Waals surface area contributed by atoms with E-state index in [9.17, 15) is 18.0 Å². The molecule has 0 atom stereocenters. The Bertz CT molecular complexity index is 1300. The number of benzene rings is 3. The number of alkyl halides is 3. The number of anilines is 1. The molecule has 0 aliphatic heterocycles. The molecule has 166 valence electrons. The van der Waals surface area contributed by atoms with Crippen LogP contribution in [0.3, 0.4) is 0 Å². The van der Waals surface area contributed by atoms with E-state index >= 15 is 0 Å². The first-order valence-electron chi connectivity index (χ1n) is 10.5. The minimum absolute atomic E-state index is 0.0315. The van der Waals surface area contributed by atoms with Gasteiger partial charge in [-0.2, -0.15) is 13.2 Å². The summed E-state index contributed by atoms with van der Waals surface area (Å²) < 4.78 is 40.9. The largest absolute Gasteiger partial charge is 0.416 e. The number of nitrogens with zero attached hydrogens (tertiary/aromatic N) is 1. The van der Waals surface area contributed by atoms with Crippen molar-refractivity contribution < 1.29 is 18.0 Å². The topological polar surface area (TPSA) is 42.0 Å². The fourth-order valence-corrected chi connectivity index (χ4v) is 5.00. The number of halogens is 3. The van der Waals surface area contributed by atoms with Crippen molar-refractivity contribution in [2.45, 2.75) is 24.4 Å². The summed E-state index contributed by atoms with van der Waals surface area (Å²) in [5.41, 5.74) is 0.430. The molecule has 33 heavy (non-hydrogen) atoms. The molecule has 1 fully saturated rings. The molecule has 5 rings (SSSR count). The molecule has 1 N–H and O–H groups in total. The molecular weight excluding hydrogens is 445 g/mol. The molecule has 0 radical (unpaired) electrons. The summed E-state index contributed by atoms with van der Waals surface area (Å²) in [6.07, 6.45) is -3.78. The maximum atomic E-state index is 13.6. The molecule has 0 unspecified atom stereocenters. The van der Waals surface area contributed by atoms with Gasteiger partial charge in [-0.05, 0) is 24.5 Å². The number of aromatic nitrogens is 1. The predicted molar refractivity (Wildman–Crippen MR) is 124 cm³/mol. The number of thiazole rings is 1. The SMILES string of the molecule is O=C(Nc1sc(-c2ccccc2)nc1-c1ccccc1)C1(c2ccccc2C(F)(F)F)CC1. The summed E-state index contributed by atoms with van der Waals surface area (Å²) in [6.45, 7) is 0. The van der Waals surface area contributed by atoms with E-state index in [4.69, 9.17) is 4.98 Å². The van der Waals surface area contributed by atoms with Gasteiger partial charge in [-0.25, -0.2) is 4.98 Å². The maximum absolute atomic E-state index is 13.6. The molecule has 0 bridgehead atoms. The summed E-state index contributed by atoms with van der Waals surface area (Å²) >= 11 is 1.32. The maximum Gasteiger partial charge on any atom is 0.416 e. The lowest BCUT2D eigenvalue weighted by molar-refractivity contribution is -0.138. The number of hydrogen-bond donors (Lipinski definition) is 1. The first-order chi connectivity index (χ1) is 15.9. The number of rotatable bonds is 5. The zero-order chi connectivity index (χ0) is 23.1. The molecule has 4 aromatic rings. The first kappa shape index (κ1) is 21.4. The van der Waals surface area contributed by atoms with E-state index in [2.05, 4.69) is 5.32 Å². The zero-order valence-electron chi connectivity index (χ0n) is 17.4. The average Bonchev–Trinajstić information content (AvgIpc) is 3.54. The number of carbonyl (C=O) groups excluding carboxylic acids is 1. The second kappa shape index (κ2) is 8.15. The van der Waals surface area contributed by atoms with Gasteiger partial charge in [0.2, 0.25) is 5.91 Å². The Morgan fingerprint density at radius 1 is 0.848 bits per heavy atom. The predicted octanol–water partition coefficient (Wildman–Crippen LogP) is 7.17. The lowest BCUT2D eigenvalue weighted by Crippen LogP contribution is -2.30. The van der Waals surface area contributed by atoms with Gasteiger partial charge in [0, 0.05) is 11.1 Å². The van der Waals surface area contributed by atoms with Crippen molar-refractivity contribution in [3.05, 3.63) is 96.1 Å². The van der Waals surface area contributed by atoms with Crippen LogP contribution in [0.4, 0.5) is 18.2 Å². The van der Waals surface area contributed by atoms with Crippen LogP contribution in [0.15, 0.2) is 84.9 Å². The Balaban J connectivity index is 1.53. The van der Waals surface area contributed by atoms with Crippen molar-refractivity contribution in [3.63, 3.8) is 0 Å². The molecule has 0 saturated heterocycles. The highest BCUT2D eigenvalue weighted by molar-refractivity contribution is 7.19. The molecular formula is C26H19F3N2OS. The van der Waals surface area contributed by atoms with Crippen LogP contribution in [0.5, 0.6) is 0 Å². The van der Waals surface area contributed by atoms with Crippen molar-refractivity contribution in [3.8, 4) is 21.8 Å². The molecule has 1 heterocycles. The van der Waals surface area contributed by atoms with Gasteiger partial charge < -0.3 is 5.32 Å². The van der Waals surface area contributed by atoms with E-state index in [-0.39, 0.29) is 5.56 Å². The van der Waals surface area contributed by atoms with E-state index in [0.717, 1.165) is 22.2 Å². The zero-order valence-corrected chi connectivity index (χ0v) is 18.2. The summed E-state index contributed by atoms with van der Waals surface area (Å²) in [5, 5.41) is 4.18. The Morgan fingerprint density at radius 2 is 1.42 bits per heavy atom. The third kappa shape index (κ3) is 4.04. The molecule has 7 heteroatoms. The molecule has 0 spiro atoms. The van der Waals surface area contributed by atoms with Crippen LogP contribution in [0, 0.1) is 0 Å². The highest BCUT2D eigenvalue weighted by Gasteiger charge is 2.55. The second-order valence-corrected chi connectivity index (χ2v) is 9.01. The van der Waals surface area contributed by atoms with Crippen molar-refractivity contribution in [1.29, 1.82) is 0 Å². The Morgan fingerprint density at radius 3 is 2.03 bits per heavy atom. The van der Waals surface area contributed by atoms with Gasteiger partial charge in [-0.15, -0.1) is 0 Å². The quantitative estimate of drug-likeness (QED) is 0.340. The highest BCUT2D eigenvalue weighted by atomic mass is 32.1. The number of hydrogen-bond acceptors (Lipinski definition) is 3. The summed E-state index contributed by atoms with van der Waals surface area (Å²) in [4.78, 5) is 18.2. The fourth-order valence-electron chi connectivity index (χ4n) is 4.01. The van der Waals surface area contributed by atoms with Crippen LogP contribution in [0.2, 0.25) is 0 Å². The molecule has 1 amide bonds. The molecule has 1 aliphatic carbocycles. The van der Waals surface area contributed by atoms with Gasteiger partial charge in [0.05, 0.1) is 11.0 Å². The number of amides is 1. The van der Waals surface area contributed by atoms with E-state index in [1.54, 1.807) is 6.07 Å². The smallest absolute Gasteiger partial charge is 0.315 e. The molecule has 3 aromatic carbocycles. The minimum atomic E-state index is -4.52. The van der Waals surface area contributed by atoms with Crippen LogP contribution in [-0.2, 0) is 16.4 Å². The van der Waals surface area contributed by atoms with E-state index in [0.29, 0.717) is 23.5 Å². The van der Waals surface area contributed by atoms with Crippen molar-refractivity contribution in [2.24, 2.45) is 0 Å². The minimum Gasteiger partial charge on any atom is -0.315 e. The standard InChI is InChI=1S/C26H19F3N2OS/c27-26(28,29)20-14-8-7-13-19(20)25(15-16-25)24(32)31-23-21(17-9-3-1-4-10-17)30-22(33-23)18-11-5-2-6-12-18/h1-14H,15-16H2,(H,31,32). The van der Waals surface area contributed by atoms with Crippen LogP contribution in [0.1, 0.15) is 24.0 Å². The lowest BCUT2D eigenvalue weighted by Gasteiger charge is -2.20. The molecule has 1 saturated carbocycles. The Hall–Kier alpha value is -3.45. The molecule has 1 aliphatic rings. The van der Waals surface area contributed by atoms with Crippen LogP contribution in [0.25, 0.3) is 21.8 Å². The van der Waals surface area contributed by atoms with Gasteiger partial charge in [0.1, 0.15) is 15.7 Å². The normalized spacial score (nSPS) is 14.6.